The predicted octanol–water partition coefficient (Wildman–Crippen LogP) is 1.49. The molecule has 1 amide bonds. The van der Waals surface area contributed by atoms with Gasteiger partial charge in [0.05, 0.1) is 6.04 Å². The topological polar surface area (TPSA) is 143 Å². The lowest BCUT2D eigenvalue weighted by molar-refractivity contribution is -0.149. The summed E-state index contributed by atoms with van der Waals surface area (Å²) < 4.78 is 5.41. The molecule has 8 nitrogen and oxygen atoms in total. The summed E-state index contributed by atoms with van der Waals surface area (Å²) in [5, 5.41) is 12.4. The molecule has 2 aromatic carbocycles. The van der Waals surface area contributed by atoms with E-state index in [9.17, 15) is 9.59 Å². The largest absolute Gasteiger partial charge is 0.459 e. The van der Waals surface area contributed by atoms with Crippen LogP contribution in [0.5, 0.6) is 0 Å². The van der Waals surface area contributed by atoms with Gasteiger partial charge in [0, 0.05) is 6.54 Å². The smallest absolute Gasteiger partial charge is 0.328 e. The Morgan fingerprint density at radius 3 is 2.30 bits per heavy atom. The number of nitrogens with two attached hydrogens (primary N) is 2. The summed E-state index contributed by atoms with van der Waals surface area (Å²) in [7, 11) is 0. The molecule has 0 spiro atoms. The van der Waals surface area contributed by atoms with Gasteiger partial charge in [-0.2, -0.15) is 0 Å². The number of nitrogens with one attached hydrogen (secondary N) is 3. The lowest BCUT2D eigenvalue weighted by atomic mass is 10.0. The van der Waals surface area contributed by atoms with Gasteiger partial charge in [-0.15, -0.1) is 0 Å². The van der Waals surface area contributed by atoms with Crippen LogP contribution in [0.25, 0.3) is 11.1 Å². The molecule has 0 aliphatic heterocycles. The van der Waals surface area contributed by atoms with E-state index < -0.39 is 24.0 Å². The van der Waals surface area contributed by atoms with Crippen LogP contribution in [-0.4, -0.2) is 36.5 Å². The molecule has 0 bridgehead atoms. The lowest BCUT2D eigenvalue weighted by Crippen LogP contribution is -2.48. The van der Waals surface area contributed by atoms with Crippen LogP contribution >= 0.6 is 0 Å². The van der Waals surface area contributed by atoms with Crippen molar-refractivity contribution in [2.45, 2.75) is 38.5 Å². The Bertz CT molecular complexity index is 838. The third kappa shape index (κ3) is 7.56. The highest BCUT2D eigenvalue weighted by Crippen LogP contribution is 2.19. The number of hydrogen-bond donors (Lipinski definition) is 5. The van der Waals surface area contributed by atoms with Gasteiger partial charge in [0.1, 0.15) is 12.6 Å². The maximum absolute atomic E-state index is 12.5. The molecular weight excluding hydrogens is 382 g/mol. The van der Waals surface area contributed by atoms with Crippen molar-refractivity contribution < 1.29 is 14.3 Å². The summed E-state index contributed by atoms with van der Waals surface area (Å²) in [5.41, 5.74) is 13.9. The SMILES string of the molecule is C[C@H](N)C(=O)N[C@@H](CCCNC(=N)N)C(=O)OCc1ccc(-c2ccccc2)cc1. The van der Waals surface area contributed by atoms with Crippen LogP contribution in [0, 0.1) is 5.41 Å². The van der Waals surface area contributed by atoms with Crippen LogP contribution in [-0.2, 0) is 20.9 Å². The Balaban J connectivity index is 1.92. The van der Waals surface area contributed by atoms with Crippen molar-refractivity contribution in [3.63, 3.8) is 0 Å². The number of guanidine groups is 1. The van der Waals surface area contributed by atoms with Crippen LogP contribution in [0.3, 0.4) is 0 Å². The molecule has 2 atom stereocenters. The van der Waals surface area contributed by atoms with Crippen molar-refractivity contribution in [2.24, 2.45) is 11.5 Å². The molecule has 30 heavy (non-hydrogen) atoms. The van der Waals surface area contributed by atoms with Gasteiger partial charge in [-0.3, -0.25) is 10.2 Å². The summed E-state index contributed by atoms with van der Waals surface area (Å²) in [6, 6.07) is 16.2. The van der Waals surface area contributed by atoms with E-state index in [1.165, 1.54) is 0 Å². The molecule has 160 valence electrons. The summed E-state index contributed by atoms with van der Waals surface area (Å²) in [6.07, 6.45) is 0.856. The number of esters is 1. The van der Waals surface area contributed by atoms with Gasteiger partial charge in [-0.25, -0.2) is 4.79 Å². The van der Waals surface area contributed by atoms with E-state index in [0.29, 0.717) is 19.4 Å². The highest BCUT2D eigenvalue weighted by atomic mass is 16.5. The van der Waals surface area contributed by atoms with E-state index in [2.05, 4.69) is 10.6 Å². The van der Waals surface area contributed by atoms with Gasteiger partial charge >= 0.3 is 5.97 Å². The molecule has 0 radical (unpaired) electrons. The van der Waals surface area contributed by atoms with Crippen LogP contribution in [0.1, 0.15) is 25.3 Å². The van der Waals surface area contributed by atoms with E-state index in [1.807, 2.05) is 54.6 Å². The predicted molar refractivity (Wildman–Crippen MR) is 116 cm³/mol. The second kappa shape index (κ2) is 11.6. The number of hydrogen-bond acceptors (Lipinski definition) is 5. The summed E-state index contributed by atoms with van der Waals surface area (Å²) in [4.78, 5) is 24.5. The van der Waals surface area contributed by atoms with E-state index in [0.717, 1.165) is 16.7 Å². The van der Waals surface area contributed by atoms with Gasteiger partial charge in [0.15, 0.2) is 5.96 Å². The monoisotopic (exact) mass is 411 g/mol. The Morgan fingerprint density at radius 2 is 1.70 bits per heavy atom. The number of carbonyl (C=O) groups is 2. The quantitative estimate of drug-likeness (QED) is 0.173. The molecular formula is C22H29N5O3. The molecule has 0 saturated heterocycles. The number of carbonyl (C=O) groups excluding carboxylic acids is 2. The summed E-state index contributed by atoms with van der Waals surface area (Å²) in [6.45, 7) is 2.06. The number of benzene rings is 2. The summed E-state index contributed by atoms with van der Waals surface area (Å²) >= 11 is 0. The fourth-order valence-corrected chi connectivity index (χ4v) is 2.76. The van der Waals surface area contributed by atoms with Gasteiger partial charge in [0.2, 0.25) is 5.91 Å². The molecule has 0 aliphatic carbocycles. The molecule has 0 saturated carbocycles. The normalized spacial score (nSPS) is 12.5. The van der Waals surface area contributed by atoms with Crippen LogP contribution in [0.15, 0.2) is 54.6 Å². The molecule has 0 heterocycles. The fourth-order valence-electron chi connectivity index (χ4n) is 2.76. The van der Waals surface area contributed by atoms with E-state index in [1.54, 1.807) is 6.92 Å². The molecule has 0 unspecified atom stereocenters. The van der Waals surface area contributed by atoms with Crippen LogP contribution in [0.4, 0.5) is 0 Å². The second-order valence-corrected chi connectivity index (χ2v) is 7.00. The fraction of sp³-hybridized carbons (Fsp3) is 0.318. The molecule has 2 rings (SSSR count). The first-order valence-electron chi connectivity index (χ1n) is 9.81. The van der Waals surface area contributed by atoms with Crippen molar-refractivity contribution in [2.75, 3.05) is 6.54 Å². The number of ether oxygens (including phenoxy) is 1. The van der Waals surface area contributed by atoms with Crippen molar-refractivity contribution >= 4 is 17.8 Å². The van der Waals surface area contributed by atoms with Crippen molar-refractivity contribution in [3.8, 4) is 11.1 Å². The maximum Gasteiger partial charge on any atom is 0.328 e. The van der Waals surface area contributed by atoms with Crippen LogP contribution in [0.2, 0.25) is 0 Å². The molecule has 0 fully saturated rings. The standard InChI is InChI=1S/C22H29N5O3/c1-15(23)20(28)27-19(8-5-13-26-22(24)25)21(29)30-14-16-9-11-18(12-10-16)17-6-3-2-4-7-17/h2-4,6-7,9-12,15,19H,5,8,13-14,23H2,1H3,(H,27,28)(H4,24,25,26)/t15-,19-/m0/s1. The average molecular weight is 412 g/mol. The lowest BCUT2D eigenvalue weighted by Gasteiger charge is -2.19. The van der Waals surface area contributed by atoms with Crippen molar-refractivity contribution in [1.82, 2.24) is 10.6 Å². The van der Waals surface area contributed by atoms with Gasteiger partial charge < -0.3 is 26.8 Å². The first-order valence-corrected chi connectivity index (χ1v) is 9.81. The minimum Gasteiger partial charge on any atom is -0.459 e. The van der Waals surface area contributed by atoms with Crippen LogP contribution < -0.4 is 22.1 Å². The third-order valence-corrected chi connectivity index (χ3v) is 4.44. The van der Waals surface area contributed by atoms with Gasteiger partial charge in [-0.05, 0) is 36.5 Å². The zero-order valence-electron chi connectivity index (χ0n) is 17.1. The first kappa shape index (κ1) is 22.9. The minimum atomic E-state index is -0.819. The van der Waals surface area contributed by atoms with E-state index >= 15 is 0 Å². The highest BCUT2D eigenvalue weighted by molar-refractivity contribution is 5.87. The molecule has 0 aromatic heterocycles. The maximum atomic E-state index is 12.5. The first-order chi connectivity index (χ1) is 14.4. The Morgan fingerprint density at radius 1 is 1.07 bits per heavy atom. The Labute approximate surface area is 176 Å². The van der Waals surface area contributed by atoms with E-state index in [4.69, 9.17) is 21.6 Å². The number of rotatable bonds is 10. The molecule has 8 heteroatoms. The van der Waals surface area contributed by atoms with Crippen molar-refractivity contribution in [1.29, 1.82) is 5.41 Å². The minimum absolute atomic E-state index is 0.101. The third-order valence-electron chi connectivity index (χ3n) is 4.44. The zero-order chi connectivity index (χ0) is 21.9. The zero-order valence-corrected chi connectivity index (χ0v) is 17.1. The molecule has 0 aliphatic rings. The summed E-state index contributed by atoms with van der Waals surface area (Å²) in [5.74, 6) is -1.10. The number of amides is 1. The van der Waals surface area contributed by atoms with Gasteiger partial charge in [-0.1, -0.05) is 54.6 Å². The molecule has 2 aromatic rings. The Hall–Kier alpha value is -3.39. The molecule has 7 N–H and O–H groups in total. The average Bonchev–Trinajstić information content (AvgIpc) is 2.74. The van der Waals surface area contributed by atoms with Crippen molar-refractivity contribution in [3.05, 3.63) is 60.2 Å². The Kier molecular flexibility index (Phi) is 8.83. The second-order valence-electron chi connectivity index (χ2n) is 7.00. The van der Waals surface area contributed by atoms with E-state index in [-0.39, 0.29) is 12.6 Å². The highest BCUT2D eigenvalue weighted by Gasteiger charge is 2.23. The van der Waals surface area contributed by atoms with Gasteiger partial charge in [0.25, 0.3) is 0 Å².